The van der Waals surface area contributed by atoms with Crippen LogP contribution in [0.5, 0.6) is 0 Å². The molecule has 20 heavy (non-hydrogen) atoms. The third-order valence-electron chi connectivity index (χ3n) is 3.94. The van der Waals surface area contributed by atoms with Gasteiger partial charge in [0.15, 0.2) is 11.7 Å². The van der Waals surface area contributed by atoms with Gasteiger partial charge >= 0.3 is 0 Å². The Morgan fingerprint density at radius 1 is 1.30 bits per heavy atom. The first-order chi connectivity index (χ1) is 9.31. The summed E-state index contributed by atoms with van der Waals surface area (Å²) in [5.74, 6) is 1.80. The molecule has 3 aliphatic heterocycles. The number of rotatable bonds is 3. The van der Waals surface area contributed by atoms with Gasteiger partial charge in [-0.05, 0) is 31.7 Å². The average Bonchev–Trinajstić information content (AvgIpc) is 3.08. The van der Waals surface area contributed by atoms with E-state index >= 15 is 0 Å². The molecule has 0 aliphatic carbocycles. The first kappa shape index (κ1) is 15.5. The summed E-state index contributed by atoms with van der Waals surface area (Å²) in [6, 6.07) is 0.644. The summed E-state index contributed by atoms with van der Waals surface area (Å²) in [5, 5.41) is 10.3. The number of fused-ring (bicyclic) bond motifs is 1. The van der Waals surface area contributed by atoms with E-state index in [1.807, 2.05) is 12.2 Å². The molecule has 112 valence electrons. The normalized spacial score (nSPS) is 24.2. The molecule has 0 bridgehead atoms. The van der Waals surface area contributed by atoms with Crippen molar-refractivity contribution in [3.05, 3.63) is 12.2 Å². The van der Waals surface area contributed by atoms with Crippen LogP contribution in [0.25, 0.3) is 0 Å². The predicted octanol–water partition coefficient (Wildman–Crippen LogP) is 0.542. The Hall–Kier alpha value is -0.870. The average molecular weight is 391 g/mol. The van der Waals surface area contributed by atoms with E-state index in [0.29, 0.717) is 6.04 Å². The molecule has 1 fully saturated rings. The smallest absolute Gasteiger partial charge is 0.189 e. The molecule has 0 aromatic carbocycles. The highest BCUT2D eigenvalue weighted by molar-refractivity contribution is 14.0. The number of nitrogens with one attached hydrogen (secondary N) is 2. The molecule has 1 unspecified atom stereocenters. The number of likely N-dealkylation sites (N-methyl/N-ethyl adjacent to an activating group) is 1. The van der Waals surface area contributed by atoms with Gasteiger partial charge in [-0.15, -0.1) is 39.7 Å². The maximum atomic E-state index is 4.54. The summed E-state index contributed by atoms with van der Waals surface area (Å²) in [4.78, 5) is 4.87. The van der Waals surface area contributed by atoms with Gasteiger partial charge in [0.2, 0.25) is 0 Å². The third kappa shape index (κ3) is 2.91. The zero-order chi connectivity index (χ0) is 13.2. The SMILES string of the molecule is CCN(CC)C1CCN(C2=NN3NNN=C3C=C2)C1.I. The molecule has 0 aromatic rings. The standard InChI is InChI=1S/C12H21N7.HI/c1-3-17(4-2)10-7-8-18(9-10)12-6-5-11-13-15-16-19(11)14-12;/h5-6,10,15-16H,3-4,7-9H2,1-2H3;1H. The molecule has 3 aliphatic rings. The van der Waals surface area contributed by atoms with Gasteiger partial charge in [-0.3, -0.25) is 4.90 Å². The number of hydrogen-bond acceptors (Lipinski definition) is 7. The van der Waals surface area contributed by atoms with Crippen molar-refractivity contribution < 1.29 is 0 Å². The van der Waals surface area contributed by atoms with Crippen LogP contribution in [0.1, 0.15) is 20.3 Å². The van der Waals surface area contributed by atoms with Crippen LogP contribution in [-0.2, 0) is 0 Å². The van der Waals surface area contributed by atoms with E-state index in [0.717, 1.165) is 37.9 Å². The van der Waals surface area contributed by atoms with Gasteiger partial charge in [-0.25, -0.2) is 5.53 Å². The summed E-state index contributed by atoms with van der Waals surface area (Å²) in [6.07, 6.45) is 5.22. The predicted molar refractivity (Wildman–Crippen MR) is 90.4 cm³/mol. The molecular formula is C12H22IN7. The van der Waals surface area contributed by atoms with E-state index in [9.17, 15) is 0 Å². The minimum atomic E-state index is 0. The van der Waals surface area contributed by atoms with Crippen LogP contribution in [0.3, 0.4) is 0 Å². The van der Waals surface area contributed by atoms with Crippen LogP contribution in [0.4, 0.5) is 0 Å². The van der Waals surface area contributed by atoms with Crippen molar-refractivity contribution in [1.29, 1.82) is 0 Å². The largest absolute Gasteiger partial charge is 0.354 e. The molecule has 3 rings (SSSR count). The fourth-order valence-corrected chi connectivity index (χ4v) is 2.86. The van der Waals surface area contributed by atoms with Crippen molar-refractivity contribution in [1.82, 2.24) is 26.0 Å². The van der Waals surface area contributed by atoms with Crippen LogP contribution in [0.2, 0.25) is 0 Å². The second kappa shape index (κ2) is 6.72. The maximum Gasteiger partial charge on any atom is 0.189 e. The lowest BCUT2D eigenvalue weighted by molar-refractivity contribution is 0.223. The summed E-state index contributed by atoms with van der Waals surface area (Å²) >= 11 is 0. The van der Waals surface area contributed by atoms with E-state index in [1.54, 1.807) is 5.12 Å². The van der Waals surface area contributed by atoms with Gasteiger partial charge in [0, 0.05) is 19.1 Å². The Bertz CT molecular complexity index is 430. The summed E-state index contributed by atoms with van der Waals surface area (Å²) in [7, 11) is 0. The van der Waals surface area contributed by atoms with E-state index in [2.05, 4.69) is 44.9 Å². The molecule has 1 saturated heterocycles. The van der Waals surface area contributed by atoms with Gasteiger partial charge in [0.1, 0.15) is 0 Å². The van der Waals surface area contributed by atoms with E-state index < -0.39 is 0 Å². The second-order valence-electron chi connectivity index (χ2n) is 4.91. The number of halogens is 1. The highest BCUT2D eigenvalue weighted by Crippen LogP contribution is 2.18. The Labute approximate surface area is 136 Å². The van der Waals surface area contributed by atoms with Crippen LogP contribution in [-0.4, -0.2) is 58.8 Å². The fraction of sp³-hybridized carbons (Fsp3) is 0.667. The fourth-order valence-electron chi connectivity index (χ4n) is 2.86. The molecule has 0 radical (unpaired) electrons. The minimum absolute atomic E-state index is 0. The van der Waals surface area contributed by atoms with Crippen LogP contribution in [0, 0.1) is 0 Å². The van der Waals surface area contributed by atoms with Crippen LogP contribution in [0.15, 0.2) is 22.4 Å². The lowest BCUT2D eigenvalue weighted by Crippen LogP contribution is -2.42. The summed E-state index contributed by atoms with van der Waals surface area (Å²) in [5.41, 5.74) is 5.57. The molecular weight excluding hydrogens is 369 g/mol. The molecule has 8 heteroatoms. The number of likely N-dealkylation sites (tertiary alicyclic amines) is 1. The third-order valence-corrected chi connectivity index (χ3v) is 3.94. The first-order valence-electron chi connectivity index (χ1n) is 6.96. The van der Waals surface area contributed by atoms with E-state index in [1.165, 1.54) is 6.42 Å². The molecule has 0 aromatic heterocycles. The van der Waals surface area contributed by atoms with Crippen molar-refractivity contribution in [3.63, 3.8) is 0 Å². The molecule has 0 amide bonds. The molecule has 3 heterocycles. The maximum absolute atomic E-state index is 4.54. The Morgan fingerprint density at radius 3 is 2.80 bits per heavy atom. The van der Waals surface area contributed by atoms with Crippen molar-refractivity contribution in [2.75, 3.05) is 26.2 Å². The van der Waals surface area contributed by atoms with Crippen LogP contribution >= 0.6 is 24.0 Å². The minimum Gasteiger partial charge on any atom is -0.354 e. The van der Waals surface area contributed by atoms with Crippen molar-refractivity contribution in [2.24, 2.45) is 10.2 Å². The second-order valence-corrected chi connectivity index (χ2v) is 4.91. The molecule has 1 atom stereocenters. The highest BCUT2D eigenvalue weighted by Gasteiger charge is 2.29. The van der Waals surface area contributed by atoms with Gasteiger partial charge in [-0.1, -0.05) is 13.8 Å². The van der Waals surface area contributed by atoms with Gasteiger partial charge in [-0.2, -0.15) is 5.12 Å². The van der Waals surface area contributed by atoms with Gasteiger partial charge < -0.3 is 4.90 Å². The zero-order valence-electron chi connectivity index (χ0n) is 11.9. The zero-order valence-corrected chi connectivity index (χ0v) is 14.2. The first-order valence-corrected chi connectivity index (χ1v) is 6.96. The van der Waals surface area contributed by atoms with Gasteiger partial charge in [0.05, 0.1) is 0 Å². The van der Waals surface area contributed by atoms with Crippen LogP contribution < -0.4 is 11.1 Å². The topological polar surface area (TPSA) is 58.5 Å². The highest BCUT2D eigenvalue weighted by atomic mass is 127. The van der Waals surface area contributed by atoms with Crippen molar-refractivity contribution in [2.45, 2.75) is 26.3 Å². The number of amidine groups is 2. The summed E-state index contributed by atoms with van der Waals surface area (Å²) in [6.45, 7) is 8.81. The Balaban J connectivity index is 0.00000147. The summed E-state index contributed by atoms with van der Waals surface area (Å²) < 4.78 is 0. The monoisotopic (exact) mass is 391 g/mol. The number of hydrazine groups is 2. The lowest BCUT2D eigenvalue weighted by atomic mass is 10.2. The molecule has 2 N–H and O–H groups in total. The lowest BCUT2D eigenvalue weighted by Gasteiger charge is -2.27. The Morgan fingerprint density at radius 2 is 2.05 bits per heavy atom. The number of nitrogens with zero attached hydrogens (tertiary/aromatic N) is 5. The van der Waals surface area contributed by atoms with Gasteiger partial charge in [0.25, 0.3) is 0 Å². The van der Waals surface area contributed by atoms with Crippen molar-refractivity contribution >= 4 is 35.6 Å². The van der Waals surface area contributed by atoms with Crippen molar-refractivity contribution in [3.8, 4) is 0 Å². The van der Waals surface area contributed by atoms with E-state index in [4.69, 9.17) is 0 Å². The number of hydrogen-bond donors (Lipinski definition) is 2. The van der Waals surface area contributed by atoms with E-state index in [-0.39, 0.29) is 24.0 Å². The quantitative estimate of drug-likeness (QED) is 0.688. The number of hydrazone groups is 2. The molecule has 0 spiro atoms. The Kier molecular flexibility index (Phi) is 5.22. The molecule has 0 saturated carbocycles. The molecule has 7 nitrogen and oxygen atoms in total.